The number of aromatic nitrogens is 1. The number of alkyl carbamates (subject to hydrolysis) is 1. The number of hydrogen-bond donors (Lipinski definition) is 1. The number of allylic oxidation sites excluding steroid dienone is 1. The molecule has 0 aliphatic heterocycles. The van der Waals surface area contributed by atoms with Crippen molar-refractivity contribution in [1.29, 1.82) is 0 Å². The molecule has 0 spiro atoms. The van der Waals surface area contributed by atoms with Crippen LogP contribution in [0.4, 0.5) is 31.1 Å². The Labute approximate surface area is 240 Å². The Kier molecular flexibility index (Phi) is 11.8. The summed E-state index contributed by atoms with van der Waals surface area (Å²) in [4.78, 5) is 29.1. The molecule has 0 fully saturated rings. The molecule has 1 heterocycles. The Morgan fingerprint density at radius 3 is 2.07 bits per heavy atom. The number of benzene rings is 1. The molecule has 0 aliphatic rings. The van der Waals surface area contributed by atoms with Crippen LogP contribution in [-0.4, -0.2) is 55.6 Å². The molecule has 0 radical (unpaired) electrons. The summed E-state index contributed by atoms with van der Waals surface area (Å²) < 4.78 is 96.8. The number of rotatable bonds is 13. The number of nitrogens with one attached hydrogen (secondary N) is 1. The quantitative estimate of drug-likeness (QED) is 0.148. The average molecular weight is 605 g/mol. The molecule has 0 unspecified atom stereocenters. The summed E-state index contributed by atoms with van der Waals surface area (Å²) in [5, 5.41) is 2.41. The van der Waals surface area contributed by atoms with Gasteiger partial charge in [-0.25, -0.2) is 4.79 Å². The van der Waals surface area contributed by atoms with Gasteiger partial charge in [0.15, 0.2) is 5.78 Å². The van der Waals surface area contributed by atoms with Crippen LogP contribution in [0.25, 0.3) is 5.57 Å². The van der Waals surface area contributed by atoms with Crippen molar-refractivity contribution in [3.8, 4) is 11.5 Å². The van der Waals surface area contributed by atoms with Crippen LogP contribution in [0.2, 0.25) is 0 Å². The van der Waals surface area contributed by atoms with Gasteiger partial charge in [0.25, 0.3) is 0 Å². The lowest BCUT2D eigenvalue weighted by atomic mass is 9.74. The first-order valence-electron chi connectivity index (χ1n) is 13.0. The van der Waals surface area contributed by atoms with Gasteiger partial charge in [-0.05, 0) is 75.9 Å². The zero-order valence-electron chi connectivity index (χ0n) is 23.9. The van der Waals surface area contributed by atoms with Gasteiger partial charge in [0.1, 0.15) is 11.5 Å². The van der Waals surface area contributed by atoms with E-state index in [4.69, 9.17) is 14.2 Å². The molecular weight excluding hydrogens is 570 g/mol. The fraction of sp³-hybridized carbons (Fsp3) is 0.483. The fourth-order valence-corrected chi connectivity index (χ4v) is 3.99. The third-order valence-corrected chi connectivity index (χ3v) is 6.34. The highest BCUT2D eigenvalue weighted by Gasteiger charge is 2.53. The molecular formula is C29H34F6N2O5. The van der Waals surface area contributed by atoms with Crippen molar-refractivity contribution < 1.29 is 50.1 Å². The van der Waals surface area contributed by atoms with Gasteiger partial charge in [-0.2, -0.15) is 26.3 Å². The Hall–Kier alpha value is -3.77. The number of hydrogen-bond acceptors (Lipinski definition) is 6. The highest BCUT2D eigenvalue weighted by Crippen LogP contribution is 2.47. The summed E-state index contributed by atoms with van der Waals surface area (Å²) in [7, 11) is 1.39. The van der Waals surface area contributed by atoms with E-state index in [1.807, 2.05) is 0 Å². The molecule has 42 heavy (non-hydrogen) atoms. The predicted molar refractivity (Wildman–Crippen MR) is 143 cm³/mol. The summed E-state index contributed by atoms with van der Waals surface area (Å²) >= 11 is 0. The van der Waals surface area contributed by atoms with Gasteiger partial charge >= 0.3 is 18.4 Å². The fourth-order valence-electron chi connectivity index (χ4n) is 3.99. The van der Waals surface area contributed by atoms with Crippen molar-refractivity contribution in [2.24, 2.45) is 0 Å². The molecule has 0 saturated heterocycles. The van der Waals surface area contributed by atoms with Crippen molar-refractivity contribution in [2.75, 3.05) is 20.3 Å². The third kappa shape index (κ3) is 9.95. The van der Waals surface area contributed by atoms with E-state index in [2.05, 4.69) is 10.3 Å². The van der Waals surface area contributed by atoms with E-state index in [0.717, 1.165) is 6.92 Å². The number of halogens is 6. The number of amides is 1. The maximum absolute atomic E-state index is 14.8. The summed E-state index contributed by atoms with van der Waals surface area (Å²) in [5.74, 6) is -0.138. The third-order valence-electron chi connectivity index (χ3n) is 6.34. The van der Waals surface area contributed by atoms with E-state index in [0.29, 0.717) is 5.75 Å². The van der Waals surface area contributed by atoms with Crippen molar-refractivity contribution >= 4 is 17.4 Å². The molecule has 1 atom stereocenters. The zero-order valence-corrected chi connectivity index (χ0v) is 23.9. The Bertz CT molecular complexity index is 1230. The lowest BCUT2D eigenvalue weighted by Crippen LogP contribution is -2.40. The van der Waals surface area contributed by atoms with Crippen LogP contribution < -0.4 is 14.8 Å². The summed E-state index contributed by atoms with van der Waals surface area (Å²) in [6, 6.07) is 7.75. The van der Waals surface area contributed by atoms with E-state index >= 15 is 0 Å². The number of alkyl halides is 6. The first-order valence-corrected chi connectivity index (χ1v) is 13.0. The summed E-state index contributed by atoms with van der Waals surface area (Å²) in [5.41, 5.74) is -2.83. The number of ether oxygens (including phenoxy) is 3. The molecule has 1 aromatic carbocycles. The van der Waals surface area contributed by atoms with Gasteiger partial charge in [-0.1, -0.05) is 12.1 Å². The molecule has 7 nitrogen and oxygen atoms in total. The number of ketones is 1. The number of nitrogens with zero attached hydrogens (tertiary/aromatic N) is 1. The molecule has 1 N–H and O–H groups in total. The molecule has 0 saturated carbocycles. The highest BCUT2D eigenvalue weighted by atomic mass is 19.4. The molecule has 232 valence electrons. The molecule has 0 aliphatic carbocycles. The number of carbonyl (C=O) groups is 2. The standard InChI is InChI=1S/C29H34F6N2O5/c1-18(2)42-26(39)37-17-24(19(3)38)23(25-12-11-22(40-5)16-36-25)15-27(4,29(33,34)35)20-7-9-21(10-8-20)41-14-6-13-28(30,31)32/h7-12,16,18H,6,13-15,17H2,1-5H3,(H,37,39)/b24-23+/t27-/m1/s1. The smallest absolute Gasteiger partial charge is 0.407 e. The number of methoxy groups -OCH3 is 1. The number of Topliss-reactive ketones (excluding diaryl/α,β-unsaturated/α-hetero) is 1. The van der Waals surface area contributed by atoms with Crippen LogP contribution in [0.3, 0.4) is 0 Å². The van der Waals surface area contributed by atoms with E-state index in [1.54, 1.807) is 13.8 Å². The Morgan fingerprint density at radius 1 is 0.976 bits per heavy atom. The van der Waals surface area contributed by atoms with E-state index in [-0.39, 0.29) is 41.2 Å². The molecule has 1 aromatic heterocycles. The normalized spacial score (nSPS) is 14.1. The average Bonchev–Trinajstić information content (AvgIpc) is 2.89. The summed E-state index contributed by atoms with van der Waals surface area (Å²) in [6.07, 6.45) is -11.3. The minimum atomic E-state index is -4.83. The van der Waals surface area contributed by atoms with Crippen LogP contribution in [0.5, 0.6) is 11.5 Å². The van der Waals surface area contributed by atoms with E-state index < -0.39 is 55.1 Å². The van der Waals surface area contributed by atoms with E-state index in [9.17, 15) is 35.9 Å². The second-order valence-corrected chi connectivity index (χ2v) is 10.0. The van der Waals surface area contributed by atoms with Crippen molar-refractivity contribution in [3.05, 3.63) is 59.4 Å². The van der Waals surface area contributed by atoms with Crippen LogP contribution >= 0.6 is 0 Å². The largest absolute Gasteiger partial charge is 0.495 e. The lowest BCUT2D eigenvalue weighted by molar-refractivity contribution is -0.184. The number of carbonyl (C=O) groups excluding carboxylic acids is 2. The second kappa shape index (κ2) is 14.4. The Balaban J connectivity index is 2.52. The number of pyridine rings is 1. The Morgan fingerprint density at radius 2 is 1.60 bits per heavy atom. The van der Waals surface area contributed by atoms with Gasteiger partial charge in [0, 0.05) is 18.5 Å². The topological polar surface area (TPSA) is 86.8 Å². The molecule has 0 bridgehead atoms. The zero-order chi connectivity index (χ0) is 31.7. The van der Waals surface area contributed by atoms with Crippen molar-refractivity contribution in [2.45, 2.75) is 70.8 Å². The SMILES string of the molecule is COc1ccc(/C(C[C@](C)(c2ccc(OCCCC(F)(F)F)cc2)C(F)(F)F)=C(\CNC(=O)OC(C)C)C(C)=O)nc1. The molecule has 1 amide bonds. The predicted octanol–water partition coefficient (Wildman–Crippen LogP) is 7.20. The lowest BCUT2D eigenvalue weighted by Gasteiger charge is -2.34. The van der Waals surface area contributed by atoms with E-state index in [1.165, 1.54) is 56.6 Å². The molecule has 13 heteroatoms. The van der Waals surface area contributed by atoms with Crippen LogP contribution in [-0.2, 0) is 14.9 Å². The maximum Gasteiger partial charge on any atom is 0.407 e. The van der Waals surface area contributed by atoms with Gasteiger partial charge < -0.3 is 19.5 Å². The van der Waals surface area contributed by atoms with Crippen LogP contribution in [0.1, 0.15) is 58.2 Å². The van der Waals surface area contributed by atoms with Gasteiger partial charge in [-0.3, -0.25) is 9.78 Å². The van der Waals surface area contributed by atoms with Gasteiger partial charge in [0.05, 0.1) is 37.1 Å². The van der Waals surface area contributed by atoms with Crippen molar-refractivity contribution in [1.82, 2.24) is 10.3 Å². The molecule has 2 rings (SSSR count). The monoisotopic (exact) mass is 604 g/mol. The van der Waals surface area contributed by atoms with Gasteiger partial charge in [-0.15, -0.1) is 0 Å². The van der Waals surface area contributed by atoms with Gasteiger partial charge in [0.2, 0.25) is 0 Å². The highest BCUT2D eigenvalue weighted by molar-refractivity contribution is 6.01. The second-order valence-electron chi connectivity index (χ2n) is 10.0. The molecule has 2 aromatic rings. The first kappa shape index (κ1) is 34.4. The first-order chi connectivity index (χ1) is 19.5. The minimum Gasteiger partial charge on any atom is -0.495 e. The van der Waals surface area contributed by atoms with Crippen LogP contribution in [0.15, 0.2) is 48.2 Å². The minimum absolute atomic E-state index is 0.0534. The van der Waals surface area contributed by atoms with Crippen molar-refractivity contribution in [3.63, 3.8) is 0 Å². The summed E-state index contributed by atoms with van der Waals surface area (Å²) in [6.45, 7) is 4.68. The van der Waals surface area contributed by atoms with Crippen LogP contribution in [0, 0.1) is 0 Å². The maximum atomic E-state index is 14.8.